The van der Waals surface area contributed by atoms with Crippen LogP contribution in [-0.2, 0) is 14.4 Å². The van der Waals surface area contributed by atoms with Crippen molar-refractivity contribution in [2.75, 3.05) is 5.32 Å². The van der Waals surface area contributed by atoms with Crippen molar-refractivity contribution < 1.29 is 19.2 Å². The number of likely N-dealkylation sites (tertiary alicyclic amines) is 1. The Hall–Kier alpha value is -2.76. The molecule has 3 amide bonds. The van der Waals surface area contributed by atoms with Crippen molar-refractivity contribution in [3.05, 3.63) is 42.0 Å². The van der Waals surface area contributed by atoms with Gasteiger partial charge in [0.15, 0.2) is 5.78 Å². The fraction of sp³-hybridized carbons (Fsp3) is 0.538. The molecule has 166 valence electrons. The molecule has 2 bridgehead atoms. The Morgan fingerprint density at radius 2 is 1.44 bits per heavy atom. The summed E-state index contributed by atoms with van der Waals surface area (Å²) in [6, 6.07) is 6.85. The van der Waals surface area contributed by atoms with Crippen molar-refractivity contribution in [3.8, 4) is 0 Å². The van der Waals surface area contributed by atoms with Crippen molar-refractivity contribution >= 4 is 29.2 Å². The van der Waals surface area contributed by atoms with Crippen molar-refractivity contribution in [1.29, 1.82) is 0 Å². The standard InChI is InChI=1S/C26H28N2O4/c1-13(29)14-2-6-16(7-3-14)27-24(30)15-4-8-17(9-5-15)28-25(31)22-18-10-11-19(21-12-20(18)21)23(22)26(28)32/h2-3,6-7,10-11,15,17-23H,4-5,8-9,12H2,1H3,(H,27,30)/t15?,17?,18-,19-,20-,21+,22-,23+/m0/s1. The molecule has 4 fully saturated rings. The Balaban J connectivity index is 1.09. The molecule has 0 radical (unpaired) electrons. The first kappa shape index (κ1) is 19.9. The number of carbonyl (C=O) groups is 4. The Morgan fingerprint density at radius 1 is 0.875 bits per heavy atom. The predicted octanol–water partition coefficient (Wildman–Crippen LogP) is 3.44. The molecule has 3 saturated carbocycles. The Morgan fingerprint density at radius 3 is 1.97 bits per heavy atom. The minimum absolute atomic E-state index is 0.00661. The molecule has 5 aliphatic carbocycles. The maximum atomic E-state index is 13.3. The number of Topliss-reactive ketones (excluding diaryl/α,β-unsaturated/α-hetero) is 1. The van der Waals surface area contributed by atoms with Crippen LogP contribution in [-0.4, -0.2) is 34.4 Å². The fourth-order valence-corrected chi connectivity index (χ4v) is 6.97. The Labute approximate surface area is 187 Å². The molecule has 0 spiro atoms. The minimum atomic E-state index is -0.139. The zero-order chi connectivity index (χ0) is 22.1. The van der Waals surface area contributed by atoms with Crippen molar-refractivity contribution in [3.63, 3.8) is 0 Å². The smallest absolute Gasteiger partial charge is 0.233 e. The average molecular weight is 433 g/mol. The van der Waals surface area contributed by atoms with Gasteiger partial charge in [-0.25, -0.2) is 0 Å². The summed E-state index contributed by atoms with van der Waals surface area (Å²) in [7, 11) is 0. The lowest BCUT2D eigenvalue weighted by molar-refractivity contribution is -0.144. The van der Waals surface area contributed by atoms with Gasteiger partial charge in [-0.3, -0.25) is 24.1 Å². The van der Waals surface area contributed by atoms with Gasteiger partial charge in [0.05, 0.1) is 11.8 Å². The molecule has 1 N–H and O–H groups in total. The number of allylic oxidation sites excluding steroid dienone is 2. The number of rotatable bonds is 4. The number of benzene rings is 1. The van der Waals surface area contributed by atoms with Gasteiger partial charge in [0.2, 0.25) is 17.7 Å². The minimum Gasteiger partial charge on any atom is -0.326 e. The third-order valence-corrected chi connectivity index (χ3v) is 8.69. The van der Waals surface area contributed by atoms with Crippen LogP contribution in [0, 0.1) is 41.4 Å². The van der Waals surface area contributed by atoms with E-state index in [2.05, 4.69) is 17.5 Å². The largest absolute Gasteiger partial charge is 0.326 e. The lowest BCUT2D eigenvalue weighted by Gasteiger charge is -2.37. The highest BCUT2D eigenvalue weighted by Gasteiger charge is 2.67. The molecule has 0 unspecified atom stereocenters. The second kappa shape index (κ2) is 7.12. The number of amides is 3. The summed E-state index contributed by atoms with van der Waals surface area (Å²) in [6.07, 6.45) is 8.31. The molecule has 6 nitrogen and oxygen atoms in total. The molecule has 32 heavy (non-hydrogen) atoms. The van der Waals surface area contributed by atoms with Gasteiger partial charge in [-0.05, 0) is 87.0 Å². The molecular weight excluding hydrogens is 404 g/mol. The molecule has 6 atom stereocenters. The number of hydrogen-bond acceptors (Lipinski definition) is 4. The first-order chi connectivity index (χ1) is 15.4. The number of imide groups is 1. The van der Waals surface area contributed by atoms with Gasteiger partial charge in [0.1, 0.15) is 0 Å². The van der Waals surface area contributed by atoms with Crippen molar-refractivity contribution in [1.82, 2.24) is 4.90 Å². The van der Waals surface area contributed by atoms with Crippen LogP contribution in [0.2, 0.25) is 0 Å². The highest BCUT2D eigenvalue weighted by Crippen LogP contribution is 2.65. The van der Waals surface area contributed by atoms with Gasteiger partial charge in [-0.1, -0.05) is 12.2 Å². The lowest BCUT2D eigenvalue weighted by atomic mass is 9.63. The van der Waals surface area contributed by atoms with E-state index in [0.29, 0.717) is 48.8 Å². The van der Waals surface area contributed by atoms with Gasteiger partial charge in [-0.2, -0.15) is 0 Å². The van der Waals surface area contributed by atoms with E-state index in [0.717, 1.165) is 0 Å². The van der Waals surface area contributed by atoms with Gasteiger partial charge in [0, 0.05) is 23.2 Å². The quantitative estimate of drug-likeness (QED) is 0.449. The highest BCUT2D eigenvalue weighted by molar-refractivity contribution is 6.06. The zero-order valence-electron chi connectivity index (χ0n) is 18.2. The van der Waals surface area contributed by atoms with Crippen molar-refractivity contribution in [2.45, 2.75) is 45.1 Å². The van der Waals surface area contributed by atoms with E-state index in [-0.39, 0.29) is 59.1 Å². The molecule has 1 aromatic carbocycles. The average Bonchev–Trinajstić information content (AvgIpc) is 3.58. The third kappa shape index (κ3) is 2.91. The lowest BCUT2D eigenvalue weighted by Crippen LogP contribution is -2.44. The van der Waals surface area contributed by atoms with Gasteiger partial charge in [-0.15, -0.1) is 0 Å². The second-order valence-corrected chi connectivity index (χ2v) is 10.3. The third-order valence-electron chi connectivity index (χ3n) is 8.69. The predicted molar refractivity (Wildman–Crippen MR) is 117 cm³/mol. The topological polar surface area (TPSA) is 83.6 Å². The number of nitrogens with one attached hydrogen (secondary N) is 1. The maximum absolute atomic E-state index is 13.3. The van der Waals surface area contributed by atoms with Crippen molar-refractivity contribution in [2.24, 2.45) is 41.4 Å². The van der Waals surface area contributed by atoms with E-state index in [1.54, 1.807) is 29.2 Å². The van der Waals surface area contributed by atoms with Crippen LogP contribution in [0.15, 0.2) is 36.4 Å². The van der Waals surface area contributed by atoms with Crippen LogP contribution in [0.25, 0.3) is 0 Å². The highest BCUT2D eigenvalue weighted by atomic mass is 16.2. The van der Waals surface area contributed by atoms with Crippen LogP contribution in [0.1, 0.15) is 49.4 Å². The molecule has 1 heterocycles. The SMILES string of the molecule is CC(=O)c1ccc(NC(=O)C2CCC(N3C(=O)[C@@H]4[C@H]5C=C[C@@H]([C@@H]6C[C@H]56)[C@@H]4C3=O)CC2)cc1. The van der Waals surface area contributed by atoms with E-state index in [9.17, 15) is 19.2 Å². The summed E-state index contributed by atoms with van der Waals surface area (Å²) in [6.45, 7) is 1.51. The number of carbonyl (C=O) groups excluding carboxylic acids is 4. The van der Waals surface area contributed by atoms with Crippen LogP contribution < -0.4 is 5.32 Å². The number of nitrogens with zero attached hydrogens (tertiary/aromatic N) is 1. The molecule has 7 rings (SSSR count). The molecule has 0 aromatic heterocycles. The molecule has 1 saturated heterocycles. The number of anilines is 1. The van der Waals surface area contributed by atoms with Crippen LogP contribution in [0.4, 0.5) is 5.69 Å². The van der Waals surface area contributed by atoms with Gasteiger partial charge >= 0.3 is 0 Å². The summed E-state index contributed by atoms with van der Waals surface area (Å²) in [5.74, 6) is 1.40. The zero-order valence-corrected chi connectivity index (χ0v) is 18.2. The number of ketones is 1. The van der Waals surface area contributed by atoms with E-state index in [1.807, 2.05) is 0 Å². The summed E-state index contributed by atoms with van der Waals surface area (Å²) in [5, 5.41) is 2.94. The molecule has 1 aromatic rings. The summed E-state index contributed by atoms with van der Waals surface area (Å²) in [5.41, 5.74) is 1.29. The fourth-order valence-electron chi connectivity index (χ4n) is 6.97. The van der Waals surface area contributed by atoms with Gasteiger partial charge in [0.25, 0.3) is 0 Å². The van der Waals surface area contributed by atoms with Crippen LogP contribution in [0.5, 0.6) is 0 Å². The number of hydrogen-bond donors (Lipinski definition) is 1. The maximum Gasteiger partial charge on any atom is 0.233 e. The summed E-state index contributed by atoms with van der Waals surface area (Å²) in [4.78, 5) is 52.4. The summed E-state index contributed by atoms with van der Waals surface area (Å²) >= 11 is 0. The van der Waals surface area contributed by atoms with E-state index in [4.69, 9.17) is 0 Å². The monoisotopic (exact) mass is 432 g/mol. The van der Waals surface area contributed by atoms with Gasteiger partial charge < -0.3 is 5.32 Å². The van der Waals surface area contributed by atoms with E-state index in [1.165, 1.54) is 13.3 Å². The van der Waals surface area contributed by atoms with Crippen LogP contribution >= 0.6 is 0 Å². The molecule has 6 heteroatoms. The molecule has 6 aliphatic rings. The normalized spacial score (nSPS) is 39.0. The molecule has 1 aliphatic heterocycles. The molecular formula is C26H28N2O4. The Bertz CT molecular complexity index is 1000. The van der Waals surface area contributed by atoms with E-state index >= 15 is 0 Å². The van der Waals surface area contributed by atoms with E-state index < -0.39 is 0 Å². The Kier molecular flexibility index (Phi) is 4.43. The first-order valence-corrected chi connectivity index (χ1v) is 11.9. The van der Waals surface area contributed by atoms with Crippen LogP contribution in [0.3, 0.4) is 0 Å². The first-order valence-electron chi connectivity index (χ1n) is 11.9. The summed E-state index contributed by atoms with van der Waals surface area (Å²) < 4.78 is 0. The second-order valence-electron chi connectivity index (χ2n) is 10.3.